The Bertz CT molecular complexity index is 191. The molecule has 5 heteroatoms. The van der Waals surface area contributed by atoms with Crippen molar-refractivity contribution in [3.63, 3.8) is 0 Å². The standard InChI is InChI=1S/C7H10O3S.H3N/c1-5(2)7(10)11-4-3-6(8)9;/h1,3-4H2,2H3,(H,8,9);1H3. The molecule has 0 aliphatic heterocycles. The normalized spacial score (nSPS) is 8.42. The van der Waals surface area contributed by atoms with Crippen LogP contribution in [0.5, 0.6) is 0 Å². The average molecular weight is 191 g/mol. The van der Waals surface area contributed by atoms with Crippen molar-refractivity contribution in [2.75, 3.05) is 5.75 Å². The number of hydrogen-bond acceptors (Lipinski definition) is 4. The van der Waals surface area contributed by atoms with Gasteiger partial charge in [0.2, 0.25) is 5.12 Å². The second-order valence-corrected chi connectivity index (χ2v) is 3.11. The number of carboxylic acid groups (broad SMARTS) is 1. The molecule has 70 valence electrons. The summed E-state index contributed by atoms with van der Waals surface area (Å²) < 4.78 is 0. The van der Waals surface area contributed by atoms with E-state index in [1.165, 1.54) is 0 Å². The molecule has 0 aromatic carbocycles. The smallest absolute Gasteiger partial charge is 0.214 e. The van der Waals surface area contributed by atoms with Crippen LogP contribution in [0.2, 0.25) is 0 Å². The fourth-order valence-corrected chi connectivity index (χ4v) is 1.05. The number of aliphatic carboxylic acids is 1. The molecule has 0 saturated carbocycles. The first-order valence-corrected chi connectivity index (χ1v) is 4.05. The van der Waals surface area contributed by atoms with Crippen LogP contribution in [0.15, 0.2) is 12.2 Å². The molecule has 0 amide bonds. The molecule has 0 bridgehead atoms. The third-order valence-corrected chi connectivity index (χ3v) is 1.91. The van der Waals surface area contributed by atoms with Crippen molar-refractivity contribution < 1.29 is 14.7 Å². The van der Waals surface area contributed by atoms with E-state index in [1.54, 1.807) is 6.92 Å². The molecule has 0 spiro atoms. The lowest BCUT2D eigenvalue weighted by Crippen LogP contribution is -2.22. The van der Waals surface area contributed by atoms with E-state index in [-0.39, 0.29) is 23.4 Å². The first-order valence-electron chi connectivity index (χ1n) is 3.06. The van der Waals surface area contributed by atoms with E-state index in [1.807, 2.05) is 0 Å². The van der Waals surface area contributed by atoms with Gasteiger partial charge in [0.1, 0.15) is 0 Å². The van der Waals surface area contributed by atoms with E-state index >= 15 is 0 Å². The minimum atomic E-state index is -1.13. The van der Waals surface area contributed by atoms with E-state index in [2.05, 4.69) is 6.58 Å². The van der Waals surface area contributed by atoms with Gasteiger partial charge in [0, 0.05) is 11.7 Å². The minimum Gasteiger partial charge on any atom is -0.550 e. The van der Waals surface area contributed by atoms with Crippen LogP contribution in [0.4, 0.5) is 0 Å². The van der Waals surface area contributed by atoms with Crippen molar-refractivity contribution in [2.24, 2.45) is 0 Å². The van der Waals surface area contributed by atoms with Gasteiger partial charge in [-0.25, -0.2) is 0 Å². The van der Waals surface area contributed by atoms with Gasteiger partial charge >= 0.3 is 0 Å². The first kappa shape index (κ1) is 13.8. The largest absolute Gasteiger partial charge is 0.550 e. The van der Waals surface area contributed by atoms with E-state index in [0.29, 0.717) is 5.57 Å². The number of carboxylic acids is 1. The molecular formula is C7H13NO3S. The van der Waals surface area contributed by atoms with E-state index < -0.39 is 5.97 Å². The van der Waals surface area contributed by atoms with Gasteiger partial charge in [0.05, 0.1) is 0 Å². The molecule has 0 aliphatic carbocycles. The van der Waals surface area contributed by atoms with Gasteiger partial charge in [-0.3, -0.25) is 4.79 Å². The Morgan fingerprint density at radius 2 is 2.00 bits per heavy atom. The fourth-order valence-electron chi connectivity index (χ4n) is 0.350. The SMILES string of the molecule is C=C(C)C(=O)SCCC(=O)[O-].[NH4+]. The molecule has 0 unspecified atom stereocenters. The van der Waals surface area contributed by atoms with Crippen molar-refractivity contribution in [1.82, 2.24) is 6.15 Å². The molecule has 0 fully saturated rings. The maximum absolute atomic E-state index is 10.8. The van der Waals surface area contributed by atoms with Crippen molar-refractivity contribution in [3.8, 4) is 0 Å². The van der Waals surface area contributed by atoms with Gasteiger partial charge < -0.3 is 16.1 Å². The number of quaternary nitrogens is 1. The third kappa shape index (κ3) is 7.30. The van der Waals surface area contributed by atoms with Gasteiger partial charge in [0.15, 0.2) is 0 Å². The molecule has 0 heterocycles. The molecule has 0 aromatic heterocycles. The van der Waals surface area contributed by atoms with Crippen molar-refractivity contribution >= 4 is 22.8 Å². The molecule has 0 atom stereocenters. The molecule has 12 heavy (non-hydrogen) atoms. The lowest BCUT2D eigenvalue weighted by molar-refractivity contribution is -0.305. The highest BCUT2D eigenvalue weighted by Crippen LogP contribution is 2.08. The van der Waals surface area contributed by atoms with Crippen LogP contribution in [0, 0.1) is 0 Å². The zero-order valence-electron chi connectivity index (χ0n) is 7.25. The highest BCUT2D eigenvalue weighted by Gasteiger charge is 2.01. The Hall–Kier alpha value is -0.810. The first-order chi connectivity index (χ1) is 5.04. The Morgan fingerprint density at radius 3 is 2.33 bits per heavy atom. The zero-order valence-corrected chi connectivity index (χ0v) is 8.07. The summed E-state index contributed by atoms with van der Waals surface area (Å²) >= 11 is 0.954. The van der Waals surface area contributed by atoms with E-state index in [4.69, 9.17) is 0 Å². The van der Waals surface area contributed by atoms with Crippen LogP contribution >= 0.6 is 11.8 Å². The van der Waals surface area contributed by atoms with Crippen LogP contribution in [0.1, 0.15) is 13.3 Å². The molecule has 0 aromatic rings. The maximum atomic E-state index is 10.8. The molecule has 4 nitrogen and oxygen atoms in total. The molecule has 0 saturated heterocycles. The van der Waals surface area contributed by atoms with Crippen molar-refractivity contribution in [1.29, 1.82) is 0 Å². The van der Waals surface area contributed by atoms with Crippen LogP contribution in [-0.2, 0) is 9.59 Å². The fraction of sp³-hybridized carbons (Fsp3) is 0.429. The van der Waals surface area contributed by atoms with Gasteiger partial charge in [-0.05, 0) is 18.9 Å². The summed E-state index contributed by atoms with van der Waals surface area (Å²) in [6.45, 7) is 5.01. The predicted molar refractivity (Wildman–Crippen MR) is 47.9 cm³/mol. The predicted octanol–water partition coefficient (Wildman–Crippen LogP) is 0.338. The Labute approximate surface area is 75.6 Å². The monoisotopic (exact) mass is 191 g/mol. The third-order valence-electron chi connectivity index (χ3n) is 0.888. The minimum absolute atomic E-state index is 0. The Kier molecular flexibility index (Phi) is 7.88. The number of thioether (sulfide) groups is 1. The molecule has 0 rings (SSSR count). The van der Waals surface area contributed by atoms with Gasteiger partial charge in [-0.15, -0.1) is 0 Å². The van der Waals surface area contributed by atoms with E-state index in [9.17, 15) is 14.7 Å². The van der Waals surface area contributed by atoms with Crippen LogP contribution in [0.3, 0.4) is 0 Å². The molecule has 0 radical (unpaired) electrons. The van der Waals surface area contributed by atoms with Gasteiger partial charge in [0.25, 0.3) is 0 Å². The van der Waals surface area contributed by atoms with E-state index in [0.717, 1.165) is 11.8 Å². The molecule has 0 aliphatic rings. The zero-order chi connectivity index (χ0) is 8.85. The van der Waals surface area contributed by atoms with Crippen molar-refractivity contribution in [2.45, 2.75) is 13.3 Å². The summed E-state index contributed by atoms with van der Waals surface area (Å²) in [5, 5.41) is 9.73. The number of rotatable bonds is 4. The summed E-state index contributed by atoms with van der Waals surface area (Å²) in [4.78, 5) is 20.7. The summed E-state index contributed by atoms with van der Waals surface area (Å²) in [5.74, 6) is -0.874. The van der Waals surface area contributed by atoms with Crippen LogP contribution < -0.4 is 11.3 Å². The molecule has 4 N–H and O–H groups in total. The van der Waals surface area contributed by atoms with Gasteiger partial charge in [-0.2, -0.15) is 0 Å². The summed E-state index contributed by atoms with van der Waals surface area (Å²) in [5.41, 5.74) is 0.438. The lowest BCUT2D eigenvalue weighted by Gasteiger charge is -2.00. The quantitative estimate of drug-likeness (QED) is 0.648. The summed E-state index contributed by atoms with van der Waals surface area (Å²) in [6.07, 6.45) is -0.0936. The van der Waals surface area contributed by atoms with Crippen LogP contribution in [-0.4, -0.2) is 16.8 Å². The summed E-state index contributed by atoms with van der Waals surface area (Å²) in [6, 6.07) is 0. The van der Waals surface area contributed by atoms with Crippen LogP contribution in [0.25, 0.3) is 0 Å². The maximum Gasteiger partial charge on any atom is 0.214 e. The highest BCUT2D eigenvalue weighted by atomic mass is 32.2. The Morgan fingerprint density at radius 1 is 1.50 bits per heavy atom. The number of hydrogen-bond donors (Lipinski definition) is 1. The second kappa shape index (κ2) is 6.87. The highest BCUT2D eigenvalue weighted by molar-refractivity contribution is 8.14. The van der Waals surface area contributed by atoms with Gasteiger partial charge in [-0.1, -0.05) is 18.3 Å². The lowest BCUT2D eigenvalue weighted by atomic mass is 10.4. The topological polar surface area (TPSA) is 93.7 Å². The average Bonchev–Trinajstić information content (AvgIpc) is 1.86. The summed E-state index contributed by atoms with van der Waals surface area (Å²) in [7, 11) is 0. The molecular weight excluding hydrogens is 178 g/mol. The van der Waals surface area contributed by atoms with Crippen molar-refractivity contribution in [3.05, 3.63) is 12.2 Å². The number of carbonyl (C=O) groups is 2. The number of carbonyl (C=O) groups excluding carboxylic acids is 2. The Balaban J connectivity index is 0. The second-order valence-electron chi connectivity index (χ2n) is 2.04.